The molecule has 0 amide bonds. The van der Waals surface area contributed by atoms with E-state index in [1.165, 1.54) is 7.11 Å². The molecule has 5 nitrogen and oxygen atoms in total. The number of carbonyl (C=O) groups excluding carboxylic acids is 1. The fourth-order valence-electron chi connectivity index (χ4n) is 2.54. The van der Waals surface area contributed by atoms with Gasteiger partial charge in [-0.2, -0.15) is 0 Å². The monoisotopic (exact) mass is 311 g/mol. The molecule has 0 radical (unpaired) electrons. The summed E-state index contributed by atoms with van der Waals surface area (Å²) in [5.74, 6) is 1.75. The fraction of sp³-hybridized carbons (Fsp3) is 0.167. The number of benzene rings is 2. The van der Waals surface area contributed by atoms with Gasteiger partial charge in [-0.1, -0.05) is 12.1 Å². The summed E-state index contributed by atoms with van der Waals surface area (Å²) in [5.41, 5.74) is 2.56. The van der Waals surface area contributed by atoms with Gasteiger partial charge in [0.2, 0.25) is 5.78 Å². The summed E-state index contributed by atoms with van der Waals surface area (Å²) in [6, 6.07) is 11.0. The molecule has 0 saturated heterocycles. The third-order valence-corrected chi connectivity index (χ3v) is 3.68. The largest absolute Gasteiger partial charge is 0.497 e. The minimum absolute atomic E-state index is 0.109. The lowest BCUT2D eigenvalue weighted by Gasteiger charge is -2.08. The SMILES string of the molecule is COc1cccc(/C=C2\Nc3cc(OC)cc(OC)c3C2=O)c1. The van der Waals surface area contributed by atoms with E-state index in [0.717, 1.165) is 11.3 Å². The van der Waals surface area contributed by atoms with Gasteiger partial charge in [0.15, 0.2) is 0 Å². The van der Waals surface area contributed by atoms with Gasteiger partial charge < -0.3 is 19.5 Å². The maximum absolute atomic E-state index is 12.7. The Balaban J connectivity index is 2.01. The normalized spacial score (nSPS) is 14.4. The van der Waals surface area contributed by atoms with Crippen LogP contribution in [-0.2, 0) is 0 Å². The maximum atomic E-state index is 12.7. The third-order valence-electron chi connectivity index (χ3n) is 3.68. The molecule has 0 atom stereocenters. The van der Waals surface area contributed by atoms with Gasteiger partial charge in [0.25, 0.3) is 0 Å². The zero-order chi connectivity index (χ0) is 16.4. The summed E-state index contributed by atoms with van der Waals surface area (Å²) in [4.78, 5) is 12.7. The Hall–Kier alpha value is -2.95. The summed E-state index contributed by atoms with van der Waals surface area (Å²) in [5, 5.41) is 3.13. The second-order valence-corrected chi connectivity index (χ2v) is 5.04. The zero-order valence-corrected chi connectivity index (χ0v) is 13.2. The Kier molecular flexibility index (Phi) is 3.93. The minimum atomic E-state index is -0.109. The fourth-order valence-corrected chi connectivity index (χ4v) is 2.54. The number of ketones is 1. The number of Topliss-reactive ketones (excluding diaryl/α,β-unsaturated/α-hetero) is 1. The number of methoxy groups -OCH3 is 3. The van der Waals surface area contributed by atoms with E-state index in [1.807, 2.05) is 24.3 Å². The van der Waals surface area contributed by atoms with Crippen molar-refractivity contribution in [2.75, 3.05) is 26.6 Å². The van der Waals surface area contributed by atoms with E-state index in [1.54, 1.807) is 32.4 Å². The molecule has 118 valence electrons. The Morgan fingerprint density at radius 1 is 0.957 bits per heavy atom. The molecule has 1 heterocycles. The van der Waals surface area contributed by atoms with E-state index in [-0.39, 0.29) is 5.78 Å². The van der Waals surface area contributed by atoms with Crippen LogP contribution in [-0.4, -0.2) is 27.1 Å². The van der Waals surface area contributed by atoms with Crippen molar-refractivity contribution >= 4 is 17.5 Å². The Morgan fingerprint density at radius 3 is 2.43 bits per heavy atom. The number of anilines is 1. The number of rotatable bonds is 4. The molecule has 1 aliphatic rings. The van der Waals surface area contributed by atoms with Crippen LogP contribution in [0, 0.1) is 0 Å². The van der Waals surface area contributed by atoms with Crippen LogP contribution in [0.2, 0.25) is 0 Å². The molecule has 0 aromatic heterocycles. The number of fused-ring (bicyclic) bond motifs is 1. The topological polar surface area (TPSA) is 56.8 Å². The number of hydrogen-bond acceptors (Lipinski definition) is 5. The number of carbonyl (C=O) groups is 1. The lowest BCUT2D eigenvalue weighted by Crippen LogP contribution is -2.01. The van der Waals surface area contributed by atoms with Gasteiger partial charge >= 0.3 is 0 Å². The van der Waals surface area contributed by atoms with E-state index in [0.29, 0.717) is 28.4 Å². The van der Waals surface area contributed by atoms with Crippen LogP contribution < -0.4 is 19.5 Å². The second-order valence-electron chi connectivity index (χ2n) is 5.04. The standard InChI is InChI=1S/C18H17NO4/c1-21-12-6-4-5-11(7-12)8-15-18(20)17-14(19-15)9-13(22-2)10-16(17)23-3/h4-10,19H,1-3H3/b15-8-. The highest BCUT2D eigenvalue weighted by atomic mass is 16.5. The molecule has 0 unspecified atom stereocenters. The van der Waals surface area contributed by atoms with Crippen molar-refractivity contribution in [3.63, 3.8) is 0 Å². The number of nitrogens with one attached hydrogen (secondary N) is 1. The predicted octanol–water partition coefficient (Wildman–Crippen LogP) is 3.36. The molecular weight excluding hydrogens is 294 g/mol. The first-order valence-corrected chi connectivity index (χ1v) is 7.09. The molecule has 2 aromatic rings. The van der Waals surface area contributed by atoms with E-state index < -0.39 is 0 Å². The van der Waals surface area contributed by atoms with E-state index >= 15 is 0 Å². The van der Waals surface area contributed by atoms with Crippen LogP contribution in [0.5, 0.6) is 17.2 Å². The molecule has 23 heavy (non-hydrogen) atoms. The van der Waals surface area contributed by atoms with Crippen LogP contribution in [0.15, 0.2) is 42.1 Å². The second kappa shape index (κ2) is 6.04. The number of allylic oxidation sites excluding steroid dienone is 1. The van der Waals surface area contributed by atoms with Crippen molar-refractivity contribution in [3.05, 3.63) is 53.2 Å². The third kappa shape index (κ3) is 2.73. The Bertz CT molecular complexity index is 796. The van der Waals surface area contributed by atoms with Gasteiger partial charge in [0.05, 0.1) is 38.3 Å². The first kappa shape index (κ1) is 15.0. The number of hydrogen-bond donors (Lipinski definition) is 1. The molecule has 0 fully saturated rings. The predicted molar refractivity (Wildman–Crippen MR) is 88.5 cm³/mol. The lowest BCUT2D eigenvalue weighted by atomic mass is 10.1. The Morgan fingerprint density at radius 2 is 1.74 bits per heavy atom. The van der Waals surface area contributed by atoms with Crippen LogP contribution in [0.4, 0.5) is 5.69 Å². The molecular formula is C18H17NO4. The van der Waals surface area contributed by atoms with Crippen LogP contribution in [0.3, 0.4) is 0 Å². The van der Waals surface area contributed by atoms with Gasteiger partial charge in [-0.15, -0.1) is 0 Å². The van der Waals surface area contributed by atoms with Crippen molar-refractivity contribution < 1.29 is 19.0 Å². The van der Waals surface area contributed by atoms with Crippen molar-refractivity contribution in [2.45, 2.75) is 0 Å². The maximum Gasteiger partial charge on any atom is 0.215 e. The molecule has 1 N–H and O–H groups in total. The van der Waals surface area contributed by atoms with Crippen LogP contribution in [0.1, 0.15) is 15.9 Å². The van der Waals surface area contributed by atoms with Crippen molar-refractivity contribution in [1.29, 1.82) is 0 Å². The number of ether oxygens (including phenoxy) is 3. The van der Waals surface area contributed by atoms with Gasteiger partial charge in [-0.3, -0.25) is 4.79 Å². The molecule has 1 aliphatic heterocycles. The summed E-state index contributed by atoms with van der Waals surface area (Å²) < 4.78 is 15.8. The first-order valence-electron chi connectivity index (χ1n) is 7.09. The summed E-state index contributed by atoms with van der Waals surface area (Å²) in [6.45, 7) is 0. The van der Waals surface area contributed by atoms with Crippen molar-refractivity contribution in [1.82, 2.24) is 0 Å². The van der Waals surface area contributed by atoms with Gasteiger partial charge in [-0.25, -0.2) is 0 Å². The smallest absolute Gasteiger partial charge is 0.215 e. The molecule has 0 bridgehead atoms. The average Bonchev–Trinajstić information content (AvgIpc) is 2.90. The molecule has 2 aromatic carbocycles. The average molecular weight is 311 g/mol. The quantitative estimate of drug-likeness (QED) is 0.877. The zero-order valence-electron chi connectivity index (χ0n) is 13.2. The summed E-state index contributed by atoms with van der Waals surface area (Å²) >= 11 is 0. The molecule has 0 aliphatic carbocycles. The molecule has 3 rings (SSSR count). The lowest BCUT2D eigenvalue weighted by molar-refractivity contribution is 0.104. The minimum Gasteiger partial charge on any atom is -0.497 e. The van der Waals surface area contributed by atoms with Crippen LogP contribution in [0.25, 0.3) is 6.08 Å². The first-order chi connectivity index (χ1) is 11.2. The van der Waals surface area contributed by atoms with Gasteiger partial charge in [0.1, 0.15) is 17.2 Å². The Labute approximate surface area is 134 Å². The van der Waals surface area contributed by atoms with Crippen molar-refractivity contribution in [2.24, 2.45) is 0 Å². The summed E-state index contributed by atoms with van der Waals surface area (Å²) in [7, 11) is 4.72. The highest BCUT2D eigenvalue weighted by molar-refractivity contribution is 6.22. The summed E-state index contributed by atoms with van der Waals surface area (Å²) in [6.07, 6.45) is 1.79. The highest BCUT2D eigenvalue weighted by Gasteiger charge is 2.29. The van der Waals surface area contributed by atoms with Crippen molar-refractivity contribution in [3.8, 4) is 17.2 Å². The van der Waals surface area contributed by atoms with E-state index in [4.69, 9.17) is 14.2 Å². The molecule has 0 spiro atoms. The van der Waals surface area contributed by atoms with Gasteiger partial charge in [-0.05, 0) is 23.8 Å². The van der Waals surface area contributed by atoms with Crippen LogP contribution >= 0.6 is 0 Å². The van der Waals surface area contributed by atoms with Gasteiger partial charge in [0, 0.05) is 12.1 Å². The molecule has 0 saturated carbocycles. The molecule has 5 heteroatoms. The van der Waals surface area contributed by atoms with E-state index in [9.17, 15) is 4.79 Å². The van der Waals surface area contributed by atoms with E-state index in [2.05, 4.69) is 5.32 Å². The highest BCUT2D eigenvalue weighted by Crippen LogP contribution is 2.39.